The van der Waals surface area contributed by atoms with E-state index in [2.05, 4.69) is 15.6 Å². The number of nitrogens with zero attached hydrogens (tertiary/aromatic N) is 2. The summed E-state index contributed by atoms with van der Waals surface area (Å²) in [6.07, 6.45) is 3.75. The van der Waals surface area contributed by atoms with Gasteiger partial charge in [0.15, 0.2) is 0 Å². The molecule has 102 valence electrons. The highest BCUT2D eigenvalue weighted by Crippen LogP contribution is 2.23. The average molecular weight is 268 g/mol. The molecule has 20 heavy (non-hydrogen) atoms. The van der Waals surface area contributed by atoms with E-state index in [1.165, 1.54) is 0 Å². The summed E-state index contributed by atoms with van der Waals surface area (Å²) in [6, 6.07) is 11.9. The molecule has 0 saturated carbocycles. The molecule has 4 heteroatoms. The first-order chi connectivity index (χ1) is 9.83. The molecule has 0 spiro atoms. The van der Waals surface area contributed by atoms with Crippen molar-refractivity contribution in [3.05, 3.63) is 59.9 Å². The second-order valence-corrected chi connectivity index (χ2v) is 4.62. The van der Waals surface area contributed by atoms with Crippen molar-refractivity contribution in [2.75, 3.05) is 7.11 Å². The summed E-state index contributed by atoms with van der Waals surface area (Å²) in [6.45, 7) is 0.743. The highest BCUT2D eigenvalue weighted by molar-refractivity contribution is 5.83. The number of aliphatic hydroxyl groups excluding tert-OH is 1. The highest BCUT2D eigenvalue weighted by Gasteiger charge is 2.08. The minimum atomic E-state index is 0.0531. The lowest BCUT2D eigenvalue weighted by Gasteiger charge is -2.09. The second kappa shape index (κ2) is 5.35. The van der Waals surface area contributed by atoms with Gasteiger partial charge in [-0.2, -0.15) is 0 Å². The number of benzene rings is 1. The van der Waals surface area contributed by atoms with E-state index in [1.54, 1.807) is 13.3 Å². The van der Waals surface area contributed by atoms with E-state index >= 15 is 0 Å². The smallest absolute Gasteiger partial charge is 0.218 e. The number of pyridine rings is 1. The van der Waals surface area contributed by atoms with Gasteiger partial charge in [-0.15, -0.1) is 0 Å². The van der Waals surface area contributed by atoms with Crippen LogP contribution in [0.3, 0.4) is 0 Å². The lowest BCUT2D eigenvalue weighted by Crippen LogP contribution is -2.01. The SMILES string of the molecule is COc1ncccc1Cn1ccc2c(CO)cccc21. The van der Waals surface area contributed by atoms with Crippen LogP contribution < -0.4 is 4.74 Å². The van der Waals surface area contributed by atoms with Gasteiger partial charge in [-0.25, -0.2) is 4.98 Å². The van der Waals surface area contributed by atoms with Gasteiger partial charge in [0, 0.05) is 28.9 Å². The zero-order chi connectivity index (χ0) is 13.9. The zero-order valence-corrected chi connectivity index (χ0v) is 11.3. The number of methoxy groups -OCH3 is 1. The van der Waals surface area contributed by atoms with Gasteiger partial charge in [-0.05, 0) is 23.8 Å². The maximum Gasteiger partial charge on any atom is 0.218 e. The van der Waals surface area contributed by atoms with E-state index in [9.17, 15) is 5.11 Å². The Kier molecular flexibility index (Phi) is 3.39. The molecule has 3 aromatic rings. The maximum absolute atomic E-state index is 9.38. The summed E-state index contributed by atoms with van der Waals surface area (Å²) in [4.78, 5) is 4.22. The van der Waals surface area contributed by atoms with Gasteiger partial charge in [0.05, 0.1) is 20.3 Å². The van der Waals surface area contributed by atoms with Gasteiger partial charge in [-0.1, -0.05) is 18.2 Å². The first kappa shape index (κ1) is 12.7. The third kappa shape index (κ3) is 2.14. The van der Waals surface area contributed by atoms with Gasteiger partial charge in [-0.3, -0.25) is 0 Å². The number of fused-ring (bicyclic) bond motifs is 1. The Balaban J connectivity index is 2.03. The summed E-state index contributed by atoms with van der Waals surface area (Å²) < 4.78 is 7.42. The molecule has 0 atom stereocenters. The zero-order valence-electron chi connectivity index (χ0n) is 11.3. The third-order valence-electron chi connectivity index (χ3n) is 3.46. The van der Waals surface area contributed by atoms with E-state index < -0.39 is 0 Å². The van der Waals surface area contributed by atoms with Crippen LogP contribution in [0.4, 0.5) is 0 Å². The largest absolute Gasteiger partial charge is 0.481 e. The fourth-order valence-corrected chi connectivity index (χ4v) is 2.47. The molecule has 1 N–H and O–H groups in total. The number of ether oxygens (including phenoxy) is 1. The van der Waals surface area contributed by atoms with Crippen LogP contribution in [0.1, 0.15) is 11.1 Å². The molecule has 3 rings (SSSR count). The summed E-state index contributed by atoms with van der Waals surface area (Å²) in [7, 11) is 1.63. The summed E-state index contributed by atoms with van der Waals surface area (Å²) >= 11 is 0. The van der Waals surface area contributed by atoms with E-state index in [1.807, 2.05) is 36.5 Å². The Labute approximate surface area is 117 Å². The number of hydrogen-bond acceptors (Lipinski definition) is 3. The summed E-state index contributed by atoms with van der Waals surface area (Å²) in [5, 5.41) is 10.5. The lowest BCUT2D eigenvalue weighted by molar-refractivity contribution is 0.283. The first-order valence-corrected chi connectivity index (χ1v) is 6.49. The molecule has 0 aliphatic rings. The topological polar surface area (TPSA) is 47.3 Å². The monoisotopic (exact) mass is 268 g/mol. The molecule has 4 nitrogen and oxygen atoms in total. The van der Waals surface area contributed by atoms with Gasteiger partial charge in [0.25, 0.3) is 0 Å². The van der Waals surface area contributed by atoms with Crippen LogP contribution in [0.25, 0.3) is 10.9 Å². The molecule has 0 unspecified atom stereocenters. The minimum Gasteiger partial charge on any atom is -0.481 e. The predicted molar refractivity (Wildman–Crippen MR) is 77.8 cm³/mol. The van der Waals surface area contributed by atoms with Gasteiger partial charge in [0.1, 0.15) is 0 Å². The summed E-state index contributed by atoms with van der Waals surface area (Å²) in [5.41, 5.74) is 3.07. The Hall–Kier alpha value is -2.33. The molecule has 0 aliphatic carbocycles. The normalized spacial score (nSPS) is 10.9. The van der Waals surface area contributed by atoms with Crippen molar-refractivity contribution in [3.63, 3.8) is 0 Å². The Morgan fingerprint density at radius 3 is 2.80 bits per heavy atom. The van der Waals surface area contributed by atoms with Crippen LogP contribution in [0.5, 0.6) is 5.88 Å². The first-order valence-electron chi connectivity index (χ1n) is 6.49. The van der Waals surface area contributed by atoms with Crippen molar-refractivity contribution >= 4 is 10.9 Å². The van der Waals surface area contributed by atoms with Crippen LogP contribution in [0, 0.1) is 0 Å². The van der Waals surface area contributed by atoms with Crippen LogP contribution in [0.2, 0.25) is 0 Å². The van der Waals surface area contributed by atoms with Gasteiger partial charge < -0.3 is 14.4 Å². The number of aliphatic hydroxyl groups is 1. The quantitative estimate of drug-likeness (QED) is 0.791. The fraction of sp³-hybridized carbons (Fsp3) is 0.188. The molecule has 0 radical (unpaired) electrons. The van der Waals surface area contributed by atoms with Crippen LogP contribution in [-0.2, 0) is 13.2 Å². The van der Waals surface area contributed by atoms with Crippen LogP contribution in [0.15, 0.2) is 48.8 Å². The molecule has 2 heterocycles. The molecule has 0 amide bonds. The predicted octanol–water partition coefficient (Wildman–Crippen LogP) is 2.59. The number of rotatable bonds is 4. The Bertz CT molecular complexity index is 734. The Morgan fingerprint density at radius 2 is 2.00 bits per heavy atom. The van der Waals surface area contributed by atoms with Crippen molar-refractivity contribution in [1.29, 1.82) is 0 Å². The number of aromatic nitrogens is 2. The van der Waals surface area contributed by atoms with E-state index in [-0.39, 0.29) is 6.61 Å². The maximum atomic E-state index is 9.38. The van der Waals surface area contributed by atoms with E-state index in [0.29, 0.717) is 12.4 Å². The van der Waals surface area contributed by atoms with Gasteiger partial charge >= 0.3 is 0 Å². The summed E-state index contributed by atoms with van der Waals surface area (Å²) in [5.74, 6) is 0.646. The molecule has 0 aliphatic heterocycles. The molecular weight excluding hydrogens is 252 g/mol. The van der Waals surface area contributed by atoms with Crippen molar-refractivity contribution < 1.29 is 9.84 Å². The van der Waals surface area contributed by atoms with Crippen molar-refractivity contribution in [2.24, 2.45) is 0 Å². The standard InChI is InChI=1S/C16H16N2O2/c1-20-16-12(5-3-8-17-16)10-18-9-7-14-13(11-19)4-2-6-15(14)18/h2-9,19H,10-11H2,1H3. The number of hydrogen-bond donors (Lipinski definition) is 1. The lowest BCUT2D eigenvalue weighted by atomic mass is 10.1. The van der Waals surface area contributed by atoms with E-state index in [4.69, 9.17) is 4.74 Å². The molecule has 0 bridgehead atoms. The third-order valence-corrected chi connectivity index (χ3v) is 3.46. The molecule has 0 saturated heterocycles. The van der Waals surface area contributed by atoms with Crippen molar-refractivity contribution in [3.8, 4) is 5.88 Å². The second-order valence-electron chi connectivity index (χ2n) is 4.62. The van der Waals surface area contributed by atoms with E-state index in [0.717, 1.165) is 22.0 Å². The van der Waals surface area contributed by atoms with Gasteiger partial charge in [0.2, 0.25) is 5.88 Å². The highest BCUT2D eigenvalue weighted by atomic mass is 16.5. The van der Waals surface area contributed by atoms with Crippen LogP contribution in [-0.4, -0.2) is 21.8 Å². The fourth-order valence-electron chi connectivity index (χ4n) is 2.47. The van der Waals surface area contributed by atoms with Crippen LogP contribution >= 0.6 is 0 Å². The molecule has 1 aromatic carbocycles. The average Bonchev–Trinajstić information content (AvgIpc) is 2.91. The molecule has 0 fully saturated rings. The van der Waals surface area contributed by atoms with Crippen molar-refractivity contribution in [2.45, 2.75) is 13.2 Å². The molecule has 2 aromatic heterocycles. The minimum absolute atomic E-state index is 0.0531. The Morgan fingerprint density at radius 1 is 1.15 bits per heavy atom. The van der Waals surface area contributed by atoms with Crippen molar-refractivity contribution in [1.82, 2.24) is 9.55 Å². The molecular formula is C16H16N2O2.